The SMILES string of the molecule is CC1CC(c2ccncc2N)CCC1PC(=O)NC(=O)OC(C)(C)C. The van der Waals surface area contributed by atoms with Crippen molar-refractivity contribution in [3.8, 4) is 0 Å². The zero-order valence-corrected chi connectivity index (χ0v) is 16.3. The number of nitrogens with two attached hydrogens (primary N) is 1. The summed E-state index contributed by atoms with van der Waals surface area (Å²) in [5.41, 5.74) is 7.38. The molecule has 1 heterocycles. The largest absolute Gasteiger partial charge is 0.444 e. The highest BCUT2D eigenvalue weighted by atomic mass is 31.1. The Kier molecular flexibility index (Phi) is 6.39. The highest BCUT2D eigenvalue weighted by Gasteiger charge is 2.31. The molecule has 2 rings (SSSR count). The van der Waals surface area contributed by atoms with Crippen molar-refractivity contribution < 1.29 is 14.3 Å². The minimum Gasteiger partial charge on any atom is -0.444 e. The minimum absolute atomic E-state index is 0.0649. The fourth-order valence-corrected chi connectivity index (χ4v) is 4.53. The van der Waals surface area contributed by atoms with Gasteiger partial charge >= 0.3 is 6.09 Å². The summed E-state index contributed by atoms with van der Waals surface area (Å²) in [7, 11) is 0.0649. The highest BCUT2D eigenvalue weighted by Crippen LogP contribution is 2.44. The number of hydrogen-bond acceptors (Lipinski definition) is 5. The number of hydrogen-bond donors (Lipinski definition) is 2. The van der Waals surface area contributed by atoms with E-state index in [0.29, 0.717) is 17.5 Å². The van der Waals surface area contributed by atoms with E-state index in [2.05, 4.69) is 17.2 Å². The lowest BCUT2D eigenvalue weighted by atomic mass is 9.78. The molecule has 3 N–H and O–H groups in total. The molecule has 1 aliphatic rings. The van der Waals surface area contributed by atoms with E-state index in [1.54, 1.807) is 33.2 Å². The number of nitrogen functional groups attached to an aromatic ring is 1. The predicted molar refractivity (Wildman–Crippen MR) is 101 cm³/mol. The van der Waals surface area contributed by atoms with Crippen LogP contribution in [-0.4, -0.2) is 28.0 Å². The fraction of sp³-hybridized carbons (Fsp3) is 0.611. The number of carbonyl (C=O) groups is 2. The van der Waals surface area contributed by atoms with Crippen LogP contribution in [0.3, 0.4) is 0 Å². The standard InChI is InChI=1S/C18H28N3O3P/c1-11-9-12(13-7-8-20-10-14(13)19)5-6-15(11)25-17(23)21-16(22)24-18(2,3)4/h7-8,10-12,15,25H,5-6,9,19H2,1-4H3,(H,21,22,23). The van der Waals surface area contributed by atoms with Crippen molar-refractivity contribution in [2.24, 2.45) is 5.92 Å². The second kappa shape index (κ2) is 8.13. The number of rotatable bonds is 3. The van der Waals surface area contributed by atoms with Crippen LogP contribution in [0.5, 0.6) is 0 Å². The van der Waals surface area contributed by atoms with E-state index in [-0.39, 0.29) is 14.2 Å². The number of ether oxygens (including phenoxy) is 1. The van der Waals surface area contributed by atoms with Gasteiger partial charge in [-0.25, -0.2) is 4.79 Å². The van der Waals surface area contributed by atoms with Gasteiger partial charge in [0.25, 0.3) is 0 Å². The molecular weight excluding hydrogens is 337 g/mol. The molecule has 1 fully saturated rings. The molecule has 0 saturated heterocycles. The fourth-order valence-electron chi connectivity index (χ4n) is 3.28. The maximum Gasteiger partial charge on any atom is 0.414 e. The lowest BCUT2D eigenvalue weighted by Gasteiger charge is -2.34. The third-order valence-electron chi connectivity index (χ3n) is 4.43. The van der Waals surface area contributed by atoms with E-state index in [0.717, 1.165) is 30.5 Å². The summed E-state index contributed by atoms with van der Waals surface area (Å²) in [5, 5.41) is 2.34. The van der Waals surface area contributed by atoms with Crippen LogP contribution in [0.15, 0.2) is 18.5 Å². The van der Waals surface area contributed by atoms with Crippen molar-refractivity contribution in [2.45, 2.75) is 64.1 Å². The number of aromatic nitrogens is 1. The van der Waals surface area contributed by atoms with Gasteiger partial charge in [-0.05, 0) is 77.7 Å². The molecule has 0 aromatic carbocycles. The maximum absolute atomic E-state index is 12.1. The molecular formula is C18H28N3O3P. The molecule has 1 saturated carbocycles. The first kappa shape index (κ1) is 19.6. The van der Waals surface area contributed by atoms with Gasteiger partial charge in [-0.3, -0.25) is 15.1 Å². The van der Waals surface area contributed by atoms with Crippen LogP contribution in [0.4, 0.5) is 15.3 Å². The smallest absolute Gasteiger partial charge is 0.414 e. The van der Waals surface area contributed by atoms with Crippen LogP contribution in [-0.2, 0) is 4.74 Å². The molecule has 6 nitrogen and oxygen atoms in total. The Morgan fingerprint density at radius 2 is 2.08 bits per heavy atom. The summed E-state index contributed by atoms with van der Waals surface area (Å²) in [6, 6.07) is 1.99. The van der Waals surface area contributed by atoms with Gasteiger partial charge in [0.2, 0.25) is 5.65 Å². The quantitative estimate of drug-likeness (QED) is 0.781. The van der Waals surface area contributed by atoms with Gasteiger partial charge in [0.05, 0.1) is 11.9 Å². The van der Waals surface area contributed by atoms with Crippen LogP contribution in [0.25, 0.3) is 0 Å². The van der Waals surface area contributed by atoms with E-state index < -0.39 is 11.7 Å². The molecule has 0 bridgehead atoms. The molecule has 0 spiro atoms. The van der Waals surface area contributed by atoms with Gasteiger partial charge in [0.1, 0.15) is 5.60 Å². The van der Waals surface area contributed by atoms with Crippen molar-refractivity contribution in [1.29, 1.82) is 0 Å². The number of alkyl carbamates (subject to hydrolysis) is 1. The van der Waals surface area contributed by atoms with Crippen molar-refractivity contribution >= 4 is 26.0 Å². The van der Waals surface area contributed by atoms with Gasteiger partial charge in [-0.15, -0.1) is 0 Å². The van der Waals surface area contributed by atoms with Gasteiger partial charge in [0.15, 0.2) is 0 Å². The first-order valence-electron chi connectivity index (χ1n) is 8.65. The maximum atomic E-state index is 12.1. The van der Waals surface area contributed by atoms with Gasteiger partial charge in [-0.1, -0.05) is 6.92 Å². The van der Waals surface area contributed by atoms with Crippen LogP contribution in [0, 0.1) is 5.92 Å². The molecule has 4 unspecified atom stereocenters. The van der Waals surface area contributed by atoms with Crippen LogP contribution in [0.1, 0.15) is 58.4 Å². The molecule has 0 aliphatic heterocycles. The van der Waals surface area contributed by atoms with Crippen LogP contribution in [0.2, 0.25) is 0 Å². The highest BCUT2D eigenvalue weighted by molar-refractivity contribution is 7.58. The number of nitrogens with zero attached hydrogens (tertiary/aromatic N) is 1. The average Bonchev–Trinajstić information content (AvgIpc) is 2.47. The lowest BCUT2D eigenvalue weighted by molar-refractivity contribution is 0.0554. The lowest BCUT2D eigenvalue weighted by Crippen LogP contribution is -2.35. The second-order valence-electron chi connectivity index (χ2n) is 7.70. The first-order valence-corrected chi connectivity index (χ1v) is 9.73. The summed E-state index contributed by atoms with van der Waals surface area (Å²) < 4.78 is 5.13. The Morgan fingerprint density at radius 3 is 2.68 bits per heavy atom. The molecule has 25 heavy (non-hydrogen) atoms. The van der Waals surface area contributed by atoms with E-state index in [1.165, 1.54) is 0 Å². The third-order valence-corrected chi connectivity index (χ3v) is 6.04. The Morgan fingerprint density at radius 1 is 1.36 bits per heavy atom. The van der Waals surface area contributed by atoms with Crippen molar-refractivity contribution in [3.05, 3.63) is 24.0 Å². The monoisotopic (exact) mass is 365 g/mol. The zero-order valence-electron chi connectivity index (χ0n) is 15.3. The van der Waals surface area contributed by atoms with Crippen molar-refractivity contribution in [1.82, 2.24) is 10.3 Å². The number of imide groups is 1. The summed E-state index contributed by atoms with van der Waals surface area (Å²) in [6.07, 6.45) is 5.74. The topological polar surface area (TPSA) is 94.3 Å². The third kappa shape index (κ3) is 5.96. The summed E-state index contributed by atoms with van der Waals surface area (Å²) in [4.78, 5) is 27.9. The predicted octanol–water partition coefficient (Wildman–Crippen LogP) is 4.26. The number of anilines is 1. The Balaban J connectivity index is 1.86. The van der Waals surface area contributed by atoms with Crippen molar-refractivity contribution in [3.63, 3.8) is 0 Å². The van der Waals surface area contributed by atoms with Crippen LogP contribution >= 0.6 is 8.58 Å². The normalized spacial score (nSPS) is 24.2. The number of pyridine rings is 1. The molecule has 1 aromatic heterocycles. The molecule has 4 atom stereocenters. The molecule has 1 aromatic rings. The van der Waals surface area contributed by atoms with E-state index in [1.807, 2.05) is 6.07 Å². The Labute approximate surface area is 151 Å². The zero-order chi connectivity index (χ0) is 18.6. The first-order chi connectivity index (χ1) is 11.7. The summed E-state index contributed by atoms with van der Waals surface area (Å²) in [5.74, 6) is 0.807. The molecule has 138 valence electrons. The van der Waals surface area contributed by atoms with E-state index >= 15 is 0 Å². The summed E-state index contributed by atoms with van der Waals surface area (Å²) >= 11 is 0. The molecule has 2 amide bonds. The van der Waals surface area contributed by atoms with Crippen molar-refractivity contribution in [2.75, 3.05) is 5.73 Å². The van der Waals surface area contributed by atoms with Gasteiger partial charge in [0, 0.05) is 6.20 Å². The molecule has 1 aliphatic carbocycles. The molecule has 7 heteroatoms. The van der Waals surface area contributed by atoms with E-state index in [4.69, 9.17) is 10.5 Å². The average molecular weight is 365 g/mol. The molecule has 0 radical (unpaired) electrons. The van der Waals surface area contributed by atoms with E-state index in [9.17, 15) is 9.59 Å². The van der Waals surface area contributed by atoms with Gasteiger partial charge < -0.3 is 10.5 Å². The number of amides is 2. The Bertz CT molecular complexity index is 630. The Hall–Kier alpha value is -1.68. The second-order valence-corrected chi connectivity index (χ2v) is 9.18. The summed E-state index contributed by atoms with van der Waals surface area (Å²) in [6.45, 7) is 7.48. The number of nitrogens with one attached hydrogen (secondary N) is 1. The van der Waals surface area contributed by atoms with Gasteiger partial charge in [-0.2, -0.15) is 0 Å². The number of carbonyl (C=O) groups excluding carboxylic acids is 2. The van der Waals surface area contributed by atoms with Crippen LogP contribution < -0.4 is 11.1 Å². The minimum atomic E-state index is -0.670.